The second-order valence-corrected chi connectivity index (χ2v) is 4.30. The number of hydrogen-bond donors (Lipinski definition) is 1. The second kappa shape index (κ2) is 8.26. The first-order chi connectivity index (χ1) is 8.31. The Morgan fingerprint density at radius 2 is 1.71 bits per heavy atom. The molecule has 0 amide bonds. The van der Waals surface area contributed by atoms with E-state index in [2.05, 4.69) is 43.4 Å². The van der Waals surface area contributed by atoms with Gasteiger partial charge in [0.1, 0.15) is 0 Å². The Kier molecular flexibility index (Phi) is 6.90. The molecular formula is C15H25NO. The van der Waals surface area contributed by atoms with Gasteiger partial charge in [0.15, 0.2) is 0 Å². The average molecular weight is 235 g/mol. The van der Waals surface area contributed by atoms with E-state index in [0.29, 0.717) is 6.04 Å². The van der Waals surface area contributed by atoms with Gasteiger partial charge < -0.3 is 10.1 Å². The van der Waals surface area contributed by atoms with Crippen LogP contribution in [0.2, 0.25) is 0 Å². The summed E-state index contributed by atoms with van der Waals surface area (Å²) in [4.78, 5) is 0. The smallest absolute Gasteiger partial charge is 0.0719 e. The zero-order chi connectivity index (χ0) is 12.5. The lowest BCUT2D eigenvalue weighted by Crippen LogP contribution is -2.27. The van der Waals surface area contributed by atoms with Crippen molar-refractivity contribution in [3.63, 3.8) is 0 Å². The number of hydrogen-bond acceptors (Lipinski definition) is 2. The molecule has 2 heteroatoms. The molecular weight excluding hydrogens is 210 g/mol. The Labute approximate surface area is 105 Å². The molecule has 96 valence electrons. The summed E-state index contributed by atoms with van der Waals surface area (Å²) in [7, 11) is 0. The molecule has 0 aliphatic heterocycles. The van der Waals surface area contributed by atoms with Gasteiger partial charge in [0.2, 0.25) is 0 Å². The normalized spacial score (nSPS) is 11.1. The molecule has 0 aromatic heterocycles. The topological polar surface area (TPSA) is 21.3 Å². The Morgan fingerprint density at radius 3 is 2.29 bits per heavy atom. The summed E-state index contributed by atoms with van der Waals surface area (Å²) in [6, 6.07) is 9.13. The second-order valence-electron chi connectivity index (χ2n) is 4.30. The first-order valence-electron chi connectivity index (χ1n) is 6.69. The van der Waals surface area contributed by atoms with E-state index in [4.69, 9.17) is 4.74 Å². The number of benzene rings is 1. The van der Waals surface area contributed by atoms with Crippen molar-refractivity contribution in [1.82, 2.24) is 5.32 Å². The molecule has 1 rings (SSSR count). The van der Waals surface area contributed by atoms with Crippen LogP contribution in [0.15, 0.2) is 24.3 Å². The Balaban J connectivity index is 2.56. The quantitative estimate of drug-likeness (QED) is 0.744. The maximum atomic E-state index is 5.49. The summed E-state index contributed by atoms with van der Waals surface area (Å²) in [5, 5.41) is 3.60. The van der Waals surface area contributed by atoms with Gasteiger partial charge in [-0.1, -0.05) is 38.1 Å². The standard InChI is InChI=1S/C15H25NO/c1-4-15(5-2)16-11-13-9-7-8-10-14(13)12-17-6-3/h7-10,15-16H,4-6,11-12H2,1-3H3. The maximum absolute atomic E-state index is 5.49. The van der Waals surface area contributed by atoms with Crippen LogP contribution in [0.4, 0.5) is 0 Å². The number of rotatable bonds is 8. The highest BCUT2D eigenvalue weighted by atomic mass is 16.5. The van der Waals surface area contributed by atoms with Crippen LogP contribution in [0, 0.1) is 0 Å². The molecule has 0 saturated heterocycles. The summed E-state index contributed by atoms with van der Waals surface area (Å²) < 4.78 is 5.49. The van der Waals surface area contributed by atoms with Gasteiger partial charge in [0.25, 0.3) is 0 Å². The first kappa shape index (κ1) is 14.2. The molecule has 0 saturated carbocycles. The fourth-order valence-electron chi connectivity index (χ4n) is 1.91. The fraction of sp³-hybridized carbons (Fsp3) is 0.600. The molecule has 0 fully saturated rings. The van der Waals surface area contributed by atoms with E-state index in [1.54, 1.807) is 0 Å². The van der Waals surface area contributed by atoms with Crippen molar-refractivity contribution < 1.29 is 4.74 Å². The van der Waals surface area contributed by atoms with Crippen molar-refractivity contribution >= 4 is 0 Å². The molecule has 1 aromatic carbocycles. The van der Waals surface area contributed by atoms with Crippen molar-refractivity contribution in [2.75, 3.05) is 6.61 Å². The Bertz CT molecular complexity index is 308. The molecule has 1 aromatic rings. The van der Waals surface area contributed by atoms with Gasteiger partial charge in [-0.25, -0.2) is 0 Å². The SMILES string of the molecule is CCOCc1ccccc1CNC(CC)CC. The molecule has 0 heterocycles. The molecule has 0 atom stereocenters. The van der Waals surface area contributed by atoms with Gasteiger partial charge in [0.05, 0.1) is 6.61 Å². The van der Waals surface area contributed by atoms with Crippen LogP contribution in [0.5, 0.6) is 0 Å². The highest BCUT2D eigenvalue weighted by Crippen LogP contribution is 2.11. The third-order valence-electron chi connectivity index (χ3n) is 3.15. The van der Waals surface area contributed by atoms with E-state index in [0.717, 1.165) is 19.8 Å². The molecule has 0 aliphatic carbocycles. The molecule has 0 radical (unpaired) electrons. The predicted molar refractivity (Wildman–Crippen MR) is 73.0 cm³/mol. The van der Waals surface area contributed by atoms with Gasteiger partial charge in [-0.2, -0.15) is 0 Å². The molecule has 0 unspecified atom stereocenters. The average Bonchev–Trinajstić information content (AvgIpc) is 2.38. The minimum atomic E-state index is 0.621. The van der Waals surface area contributed by atoms with Crippen molar-refractivity contribution in [3.05, 3.63) is 35.4 Å². The van der Waals surface area contributed by atoms with Gasteiger partial charge >= 0.3 is 0 Å². The highest BCUT2D eigenvalue weighted by Gasteiger charge is 2.05. The molecule has 17 heavy (non-hydrogen) atoms. The summed E-state index contributed by atoms with van der Waals surface area (Å²) in [6.07, 6.45) is 2.37. The summed E-state index contributed by atoms with van der Waals surface area (Å²) in [5.41, 5.74) is 2.65. The lowest BCUT2D eigenvalue weighted by molar-refractivity contribution is 0.133. The van der Waals surface area contributed by atoms with E-state index < -0.39 is 0 Å². The first-order valence-corrected chi connectivity index (χ1v) is 6.69. The van der Waals surface area contributed by atoms with Crippen molar-refractivity contribution in [3.8, 4) is 0 Å². The minimum Gasteiger partial charge on any atom is -0.377 e. The number of ether oxygens (including phenoxy) is 1. The number of nitrogens with one attached hydrogen (secondary N) is 1. The Morgan fingerprint density at radius 1 is 1.06 bits per heavy atom. The van der Waals surface area contributed by atoms with Crippen LogP contribution in [0.3, 0.4) is 0 Å². The minimum absolute atomic E-state index is 0.621. The van der Waals surface area contributed by atoms with E-state index >= 15 is 0 Å². The van der Waals surface area contributed by atoms with Crippen molar-refractivity contribution in [1.29, 1.82) is 0 Å². The van der Waals surface area contributed by atoms with Crippen molar-refractivity contribution in [2.24, 2.45) is 0 Å². The third kappa shape index (κ3) is 4.88. The van der Waals surface area contributed by atoms with Gasteiger partial charge in [0, 0.05) is 19.2 Å². The third-order valence-corrected chi connectivity index (χ3v) is 3.15. The van der Waals surface area contributed by atoms with E-state index in [-0.39, 0.29) is 0 Å². The van der Waals surface area contributed by atoms with E-state index in [9.17, 15) is 0 Å². The molecule has 0 aliphatic rings. The summed E-state index contributed by atoms with van der Waals surface area (Å²) >= 11 is 0. The molecule has 0 bridgehead atoms. The molecule has 1 N–H and O–H groups in total. The largest absolute Gasteiger partial charge is 0.377 e. The van der Waals surface area contributed by atoms with Crippen LogP contribution < -0.4 is 5.32 Å². The summed E-state index contributed by atoms with van der Waals surface area (Å²) in [5.74, 6) is 0. The van der Waals surface area contributed by atoms with E-state index in [1.165, 1.54) is 24.0 Å². The zero-order valence-electron chi connectivity index (χ0n) is 11.3. The van der Waals surface area contributed by atoms with Gasteiger partial charge in [-0.15, -0.1) is 0 Å². The van der Waals surface area contributed by atoms with Crippen LogP contribution in [-0.2, 0) is 17.9 Å². The van der Waals surface area contributed by atoms with Gasteiger partial charge in [-0.05, 0) is 30.9 Å². The Hall–Kier alpha value is -0.860. The maximum Gasteiger partial charge on any atom is 0.0719 e. The van der Waals surface area contributed by atoms with E-state index in [1.807, 2.05) is 6.92 Å². The van der Waals surface area contributed by atoms with Crippen LogP contribution in [0.1, 0.15) is 44.7 Å². The fourth-order valence-corrected chi connectivity index (χ4v) is 1.91. The lowest BCUT2D eigenvalue weighted by Gasteiger charge is -2.16. The molecule has 0 spiro atoms. The van der Waals surface area contributed by atoms with Crippen molar-refractivity contribution in [2.45, 2.75) is 52.8 Å². The zero-order valence-corrected chi connectivity index (χ0v) is 11.3. The van der Waals surface area contributed by atoms with Crippen LogP contribution in [-0.4, -0.2) is 12.6 Å². The summed E-state index contributed by atoms with van der Waals surface area (Å²) in [6.45, 7) is 8.92. The molecule has 2 nitrogen and oxygen atoms in total. The monoisotopic (exact) mass is 235 g/mol. The lowest BCUT2D eigenvalue weighted by atomic mass is 10.1. The van der Waals surface area contributed by atoms with Crippen LogP contribution >= 0.6 is 0 Å². The van der Waals surface area contributed by atoms with Crippen LogP contribution in [0.25, 0.3) is 0 Å². The predicted octanol–water partition coefficient (Wildman–Crippen LogP) is 3.50. The van der Waals surface area contributed by atoms with Gasteiger partial charge in [-0.3, -0.25) is 0 Å². The highest BCUT2D eigenvalue weighted by molar-refractivity contribution is 5.26.